The Morgan fingerprint density at radius 1 is 1.00 bits per heavy atom. The second-order valence-corrected chi connectivity index (χ2v) is 17.3. The van der Waals surface area contributed by atoms with E-state index in [9.17, 15) is 0 Å². The zero-order chi connectivity index (χ0) is 34.3. The molecule has 1 heteroatoms. The largest absolute Gasteiger partial charge is 0.386 e. The van der Waals surface area contributed by atoms with Crippen molar-refractivity contribution in [2.75, 3.05) is 0 Å². The summed E-state index contributed by atoms with van der Waals surface area (Å²) in [6.45, 7) is 33.4. The molecule has 1 N–H and O–H groups in total. The molecule has 3 rings (SSSR count). The number of allylic oxidation sites excluding steroid dienone is 7. The molecule has 0 bridgehead atoms. The lowest BCUT2D eigenvalue weighted by atomic mass is 9.51. The third kappa shape index (κ3) is 9.54. The maximum Gasteiger partial charge on any atom is 0.0201 e. The van der Waals surface area contributed by atoms with Crippen LogP contribution >= 0.6 is 0 Å². The summed E-state index contributed by atoms with van der Waals surface area (Å²) in [6.07, 6.45) is 20.1. The van der Waals surface area contributed by atoms with Crippen LogP contribution in [0, 0.1) is 35.0 Å². The Balaban J connectivity index is 2.05. The molecule has 0 heterocycles. The standard InChI is InChI=1S/C45H73N/c1-14-25-45(26-15-2)30-39(31-45)42(37-22-17-19-33(6)27-37)38(29-44(12,13)43(10,11)16-3)23-24-40(46-32(4)5)28-36(9)41-34(7)20-18-21-35(41)8/h17,19-20,22,27-28,32,38-39,42,46H,9,14-16,18,21,23-26,29-31H2,1-8,10-13H3/b40-28-. The fourth-order valence-electron chi connectivity index (χ4n) is 9.30. The highest BCUT2D eigenvalue weighted by Crippen LogP contribution is 2.60. The molecule has 1 saturated carbocycles. The van der Waals surface area contributed by atoms with Gasteiger partial charge < -0.3 is 5.32 Å². The van der Waals surface area contributed by atoms with Gasteiger partial charge in [-0.1, -0.05) is 116 Å². The lowest BCUT2D eigenvalue weighted by Gasteiger charge is -2.54. The first kappa shape index (κ1) is 38.4. The summed E-state index contributed by atoms with van der Waals surface area (Å²) in [7, 11) is 0. The summed E-state index contributed by atoms with van der Waals surface area (Å²) in [5.41, 5.74) is 10.9. The molecule has 2 atom stereocenters. The zero-order valence-electron chi connectivity index (χ0n) is 32.5. The van der Waals surface area contributed by atoms with E-state index in [0.717, 1.165) is 25.2 Å². The highest BCUT2D eigenvalue weighted by molar-refractivity contribution is 5.54. The fraction of sp³-hybridized carbons (Fsp3) is 0.689. The van der Waals surface area contributed by atoms with Crippen molar-refractivity contribution >= 4 is 0 Å². The van der Waals surface area contributed by atoms with Gasteiger partial charge in [0.2, 0.25) is 0 Å². The van der Waals surface area contributed by atoms with Gasteiger partial charge in [-0.3, -0.25) is 0 Å². The predicted octanol–water partition coefficient (Wildman–Crippen LogP) is 13.8. The van der Waals surface area contributed by atoms with Crippen molar-refractivity contribution in [1.29, 1.82) is 0 Å². The topological polar surface area (TPSA) is 12.0 Å². The van der Waals surface area contributed by atoms with Crippen molar-refractivity contribution < 1.29 is 0 Å². The third-order valence-electron chi connectivity index (χ3n) is 12.6. The highest BCUT2D eigenvalue weighted by Gasteiger charge is 2.49. The molecule has 2 unspecified atom stereocenters. The van der Waals surface area contributed by atoms with Crippen LogP contribution in [0.25, 0.3) is 0 Å². The van der Waals surface area contributed by atoms with Crippen molar-refractivity contribution in [2.45, 2.75) is 172 Å². The molecule has 0 aromatic heterocycles. The molecule has 1 aromatic carbocycles. The molecule has 1 aromatic rings. The minimum atomic E-state index is 0.243. The zero-order valence-corrected chi connectivity index (χ0v) is 32.5. The number of nitrogens with one attached hydrogen (secondary N) is 1. The number of rotatable bonds is 18. The summed E-state index contributed by atoms with van der Waals surface area (Å²) in [5, 5.41) is 3.89. The van der Waals surface area contributed by atoms with Crippen LogP contribution in [-0.4, -0.2) is 6.04 Å². The molecule has 46 heavy (non-hydrogen) atoms. The van der Waals surface area contributed by atoms with E-state index in [1.54, 1.807) is 5.56 Å². The molecule has 1 nitrogen and oxygen atoms in total. The lowest BCUT2D eigenvalue weighted by molar-refractivity contribution is -0.0104. The Morgan fingerprint density at radius 3 is 2.20 bits per heavy atom. The molecule has 0 aliphatic heterocycles. The van der Waals surface area contributed by atoms with Gasteiger partial charge in [0.1, 0.15) is 0 Å². The Morgan fingerprint density at radius 2 is 1.65 bits per heavy atom. The van der Waals surface area contributed by atoms with Crippen molar-refractivity contribution in [2.24, 2.45) is 28.1 Å². The molecule has 258 valence electrons. The summed E-state index contributed by atoms with van der Waals surface area (Å²) >= 11 is 0. The van der Waals surface area contributed by atoms with Crippen molar-refractivity contribution in [3.63, 3.8) is 0 Å². The van der Waals surface area contributed by atoms with Gasteiger partial charge in [-0.25, -0.2) is 0 Å². The van der Waals surface area contributed by atoms with Crippen LogP contribution in [0.15, 0.2) is 71.0 Å². The maximum atomic E-state index is 4.63. The van der Waals surface area contributed by atoms with Gasteiger partial charge >= 0.3 is 0 Å². The van der Waals surface area contributed by atoms with Crippen molar-refractivity contribution in [1.82, 2.24) is 5.32 Å². The highest BCUT2D eigenvalue weighted by atomic mass is 14.9. The number of hydrogen-bond acceptors (Lipinski definition) is 1. The van der Waals surface area contributed by atoms with Gasteiger partial charge in [0.05, 0.1) is 0 Å². The van der Waals surface area contributed by atoms with E-state index in [4.69, 9.17) is 0 Å². The second-order valence-electron chi connectivity index (χ2n) is 17.3. The first-order valence-corrected chi connectivity index (χ1v) is 19.2. The average molecular weight is 628 g/mol. The van der Waals surface area contributed by atoms with Crippen LogP contribution in [0.1, 0.15) is 170 Å². The smallest absolute Gasteiger partial charge is 0.0201 e. The Kier molecular flexibility index (Phi) is 13.7. The molecule has 0 radical (unpaired) electrons. The Hall–Kier alpha value is -2.02. The van der Waals surface area contributed by atoms with Gasteiger partial charge in [0.15, 0.2) is 0 Å². The normalized spacial score (nSPS) is 19.2. The summed E-state index contributed by atoms with van der Waals surface area (Å²) in [4.78, 5) is 0. The van der Waals surface area contributed by atoms with Crippen molar-refractivity contribution in [3.8, 4) is 0 Å². The van der Waals surface area contributed by atoms with Gasteiger partial charge in [0.25, 0.3) is 0 Å². The number of benzene rings is 1. The van der Waals surface area contributed by atoms with Crippen LogP contribution in [0.3, 0.4) is 0 Å². The molecule has 0 spiro atoms. The lowest BCUT2D eigenvalue weighted by Crippen LogP contribution is -2.43. The maximum absolute atomic E-state index is 4.63. The summed E-state index contributed by atoms with van der Waals surface area (Å²) < 4.78 is 0. The van der Waals surface area contributed by atoms with Gasteiger partial charge in [-0.15, -0.1) is 0 Å². The van der Waals surface area contributed by atoms with Crippen LogP contribution in [0.2, 0.25) is 0 Å². The van der Waals surface area contributed by atoms with E-state index in [-0.39, 0.29) is 10.8 Å². The van der Waals surface area contributed by atoms with Gasteiger partial charge in [0, 0.05) is 11.7 Å². The van der Waals surface area contributed by atoms with E-state index in [1.165, 1.54) is 91.3 Å². The average Bonchev–Trinajstić information content (AvgIpc) is 2.94. The van der Waals surface area contributed by atoms with Gasteiger partial charge in [-0.2, -0.15) is 0 Å². The minimum Gasteiger partial charge on any atom is -0.386 e. The molecule has 2 aliphatic carbocycles. The molecular weight excluding hydrogens is 555 g/mol. The van der Waals surface area contributed by atoms with Gasteiger partial charge in [-0.05, 0) is 155 Å². The molecule has 1 fully saturated rings. The summed E-state index contributed by atoms with van der Waals surface area (Å²) in [5.74, 6) is 2.00. The van der Waals surface area contributed by atoms with E-state index in [1.807, 2.05) is 0 Å². The van der Waals surface area contributed by atoms with E-state index >= 15 is 0 Å². The molecule has 2 aliphatic rings. The van der Waals surface area contributed by atoms with E-state index in [2.05, 4.69) is 131 Å². The number of aryl methyl sites for hydroxylation is 1. The van der Waals surface area contributed by atoms with Crippen LogP contribution in [-0.2, 0) is 0 Å². The van der Waals surface area contributed by atoms with E-state index < -0.39 is 0 Å². The number of hydrogen-bond donors (Lipinski definition) is 1. The quantitative estimate of drug-likeness (QED) is 0.160. The summed E-state index contributed by atoms with van der Waals surface area (Å²) in [6, 6.07) is 10.0. The van der Waals surface area contributed by atoms with Crippen LogP contribution < -0.4 is 5.32 Å². The molecular formula is C45H73N. The first-order valence-electron chi connectivity index (χ1n) is 19.2. The first-order chi connectivity index (χ1) is 21.6. The van der Waals surface area contributed by atoms with Crippen LogP contribution in [0.4, 0.5) is 0 Å². The Bertz CT molecular complexity index is 1230. The fourth-order valence-corrected chi connectivity index (χ4v) is 9.30. The molecule has 0 saturated heterocycles. The minimum absolute atomic E-state index is 0.243. The van der Waals surface area contributed by atoms with Crippen LogP contribution in [0.5, 0.6) is 0 Å². The Labute approximate surface area is 286 Å². The predicted molar refractivity (Wildman–Crippen MR) is 205 cm³/mol. The monoisotopic (exact) mass is 628 g/mol. The second kappa shape index (κ2) is 16.4. The SMILES string of the molecule is C=C(/C=C(/CCC(CC(C)(C)C(C)(C)CC)C(c1cccc(C)c1)C1CC(CCC)(CCC)C1)NC(C)C)C1=C(C)CCC=C1C. The van der Waals surface area contributed by atoms with Crippen molar-refractivity contribution in [3.05, 3.63) is 82.1 Å². The third-order valence-corrected chi connectivity index (χ3v) is 12.6. The van der Waals surface area contributed by atoms with E-state index in [0.29, 0.717) is 23.3 Å². The molecule has 0 amide bonds.